The maximum atomic E-state index is 11.0. The van der Waals surface area contributed by atoms with Crippen molar-refractivity contribution in [1.29, 1.82) is 0 Å². The fourth-order valence-electron chi connectivity index (χ4n) is 1.02. The molecule has 1 rings (SSSR count). The molecule has 1 fully saturated rings. The molecule has 1 heterocycles. The molecule has 0 unspecified atom stereocenters. The van der Waals surface area contributed by atoms with Gasteiger partial charge in [-0.05, 0) is 5.53 Å². The molecule has 0 N–H and O–H groups in total. The van der Waals surface area contributed by atoms with Crippen molar-refractivity contribution in [2.45, 2.75) is 12.8 Å². The molecule has 68 valence electrons. The molecule has 0 radical (unpaired) electrons. The lowest BCUT2D eigenvalue weighted by molar-refractivity contribution is -0.148. The van der Waals surface area contributed by atoms with E-state index >= 15 is 0 Å². The third-order valence-corrected chi connectivity index (χ3v) is 1.57. The number of imide groups is 3. The average Bonchev–Trinajstić information content (AvgIpc) is 2.42. The second kappa shape index (κ2) is 3.68. The van der Waals surface area contributed by atoms with Crippen molar-refractivity contribution in [2.75, 3.05) is 6.54 Å². The molecule has 0 aromatic rings. The molecule has 0 saturated carbocycles. The number of rotatable bonds is 2. The topological polar surface area (TPSA) is 103 Å². The minimum absolute atomic E-state index is 0.0564. The third kappa shape index (κ3) is 1.83. The highest BCUT2D eigenvalue weighted by molar-refractivity contribution is 6.15. The SMILES string of the molecule is [N-]=[N+]=NCC(=O)N1C(=O)CCC1=O. The molecule has 0 aromatic carbocycles. The predicted octanol–water partition coefficient (Wildman–Crippen LogP) is -0.0277. The molecule has 0 aliphatic carbocycles. The zero-order valence-electron chi connectivity index (χ0n) is 6.63. The number of likely N-dealkylation sites (tertiary alicyclic amines) is 1. The van der Waals surface area contributed by atoms with Gasteiger partial charge in [0.05, 0.1) is 0 Å². The Morgan fingerprint density at radius 3 is 2.46 bits per heavy atom. The van der Waals surface area contributed by atoms with Crippen LogP contribution in [0.15, 0.2) is 5.11 Å². The highest BCUT2D eigenvalue weighted by Gasteiger charge is 2.33. The van der Waals surface area contributed by atoms with Crippen molar-refractivity contribution < 1.29 is 14.4 Å². The lowest BCUT2D eigenvalue weighted by Crippen LogP contribution is -2.36. The monoisotopic (exact) mass is 182 g/mol. The van der Waals surface area contributed by atoms with Crippen LogP contribution < -0.4 is 0 Å². The normalized spacial score (nSPS) is 15.8. The summed E-state index contributed by atoms with van der Waals surface area (Å²) >= 11 is 0. The Hall–Kier alpha value is -1.88. The maximum absolute atomic E-state index is 11.0. The van der Waals surface area contributed by atoms with Crippen LogP contribution in [-0.2, 0) is 14.4 Å². The highest BCUT2D eigenvalue weighted by atomic mass is 16.2. The largest absolute Gasteiger partial charge is 0.274 e. The van der Waals surface area contributed by atoms with E-state index in [9.17, 15) is 14.4 Å². The molecular formula is C6H6N4O3. The first kappa shape index (κ1) is 9.21. The van der Waals surface area contributed by atoms with E-state index in [1.54, 1.807) is 0 Å². The van der Waals surface area contributed by atoms with Gasteiger partial charge in [-0.2, -0.15) is 0 Å². The van der Waals surface area contributed by atoms with Gasteiger partial charge in [0.1, 0.15) is 6.54 Å². The molecule has 7 heteroatoms. The average molecular weight is 182 g/mol. The molecule has 13 heavy (non-hydrogen) atoms. The van der Waals surface area contributed by atoms with Crippen LogP contribution in [0, 0.1) is 0 Å². The predicted molar refractivity (Wildman–Crippen MR) is 40.1 cm³/mol. The first-order valence-electron chi connectivity index (χ1n) is 3.56. The summed E-state index contributed by atoms with van der Waals surface area (Å²) in [6.07, 6.45) is 0.113. The van der Waals surface area contributed by atoms with Crippen LogP contribution in [0.25, 0.3) is 10.4 Å². The van der Waals surface area contributed by atoms with Crippen LogP contribution in [0.4, 0.5) is 0 Å². The van der Waals surface area contributed by atoms with Gasteiger partial charge in [-0.1, -0.05) is 5.11 Å². The summed E-state index contributed by atoms with van der Waals surface area (Å²) in [6.45, 7) is -0.492. The van der Waals surface area contributed by atoms with E-state index in [1.807, 2.05) is 0 Å². The second-order valence-corrected chi connectivity index (χ2v) is 2.41. The van der Waals surface area contributed by atoms with E-state index in [-0.39, 0.29) is 12.8 Å². The summed E-state index contributed by atoms with van der Waals surface area (Å²) < 4.78 is 0. The van der Waals surface area contributed by atoms with Gasteiger partial charge < -0.3 is 0 Å². The van der Waals surface area contributed by atoms with Gasteiger partial charge in [0.15, 0.2) is 0 Å². The first-order valence-corrected chi connectivity index (χ1v) is 3.56. The van der Waals surface area contributed by atoms with Gasteiger partial charge in [0.25, 0.3) is 0 Å². The van der Waals surface area contributed by atoms with E-state index in [0.717, 1.165) is 0 Å². The maximum Gasteiger partial charge on any atom is 0.241 e. The first-order chi connectivity index (χ1) is 6.16. The van der Waals surface area contributed by atoms with Gasteiger partial charge >= 0.3 is 0 Å². The Morgan fingerprint density at radius 2 is 2.00 bits per heavy atom. The Morgan fingerprint density at radius 1 is 1.46 bits per heavy atom. The third-order valence-electron chi connectivity index (χ3n) is 1.57. The van der Waals surface area contributed by atoms with Gasteiger partial charge in [-0.15, -0.1) is 0 Å². The second-order valence-electron chi connectivity index (χ2n) is 2.41. The van der Waals surface area contributed by atoms with E-state index in [4.69, 9.17) is 5.53 Å². The zero-order chi connectivity index (χ0) is 9.84. The Balaban J connectivity index is 2.69. The van der Waals surface area contributed by atoms with E-state index in [2.05, 4.69) is 10.0 Å². The minimum Gasteiger partial charge on any atom is -0.274 e. The van der Waals surface area contributed by atoms with Crippen LogP contribution in [0.1, 0.15) is 12.8 Å². The summed E-state index contributed by atoms with van der Waals surface area (Å²) in [6, 6.07) is 0. The number of carbonyl (C=O) groups excluding carboxylic acids is 3. The van der Waals surface area contributed by atoms with Crippen molar-refractivity contribution >= 4 is 17.7 Å². The van der Waals surface area contributed by atoms with Crippen LogP contribution >= 0.6 is 0 Å². The molecule has 1 aliphatic heterocycles. The molecule has 7 nitrogen and oxygen atoms in total. The molecule has 1 aliphatic rings. The number of hydrogen-bond acceptors (Lipinski definition) is 4. The fourth-order valence-corrected chi connectivity index (χ4v) is 1.02. The summed E-state index contributed by atoms with van der Waals surface area (Å²) in [5.41, 5.74) is 7.91. The zero-order valence-corrected chi connectivity index (χ0v) is 6.63. The fraction of sp³-hybridized carbons (Fsp3) is 0.500. The summed E-state index contributed by atoms with van der Waals surface area (Å²) in [7, 11) is 0. The van der Waals surface area contributed by atoms with Crippen molar-refractivity contribution in [1.82, 2.24) is 4.90 Å². The lowest BCUT2D eigenvalue weighted by Gasteiger charge is -2.08. The number of carbonyl (C=O) groups is 3. The van der Waals surface area contributed by atoms with Crippen molar-refractivity contribution in [3.05, 3.63) is 10.4 Å². The number of nitrogens with zero attached hydrogens (tertiary/aromatic N) is 4. The van der Waals surface area contributed by atoms with E-state index in [1.165, 1.54) is 0 Å². The lowest BCUT2D eigenvalue weighted by atomic mass is 10.4. The highest BCUT2D eigenvalue weighted by Crippen LogP contribution is 2.11. The minimum atomic E-state index is -0.759. The van der Waals surface area contributed by atoms with Crippen molar-refractivity contribution in [3.8, 4) is 0 Å². The number of amides is 3. The van der Waals surface area contributed by atoms with Crippen LogP contribution in [-0.4, -0.2) is 29.2 Å². The van der Waals surface area contributed by atoms with Gasteiger partial charge in [0, 0.05) is 17.8 Å². The van der Waals surface area contributed by atoms with Crippen molar-refractivity contribution in [3.63, 3.8) is 0 Å². The molecule has 3 amide bonds. The standard InChI is InChI=1S/C6H6N4O3/c7-9-8-3-6(13)10-4(11)1-2-5(10)12/h1-3H2. The molecular weight excluding hydrogens is 176 g/mol. The molecule has 0 bridgehead atoms. The van der Waals surface area contributed by atoms with Gasteiger partial charge in [0.2, 0.25) is 17.7 Å². The smallest absolute Gasteiger partial charge is 0.241 e. The molecule has 0 atom stereocenters. The Kier molecular flexibility index (Phi) is 2.61. The molecule has 1 saturated heterocycles. The molecule has 0 aromatic heterocycles. The van der Waals surface area contributed by atoms with E-state index in [0.29, 0.717) is 4.90 Å². The summed E-state index contributed by atoms with van der Waals surface area (Å²) in [5.74, 6) is -1.81. The summed E-state index contributed by atoms with van der Waals surface area (Å²) in [5, 5.41) is 2.97. The van der Waals surface area contributed by atoms with Crippen LogP contribution in [0.5, 0.6) is 0 Å². The van der Waals surface area contributed by atoms with Crippen LogP contribution in [0.3, 0.4) is 0 Å². The summed E-state index contributed by atoms with van der Waals surface area (Å²) in [4.78, 5) is 35.8. The number of azide groups is 1. The quantitative estimate of drug-likeness (QED) is 0.259. The Labute approximate surface area is 72.9 Å². The van der Waals surface area contributed by atoms with E-state index < -0.39 is 24.3 Å². The number of hydrogen-bond donors (Lipinski definition) is 0. The van der Waals surface area contributed by atoms with Crippen molar-refractivity contribution in [2.24, 2.45) is 5.11 Å². The van der Waals surface area contributed by atoms with Crippen LogP contribution in [0.2, 0.25) is 0 Å². The van der Waals surface area contributed by atoms with Gasteiger partial charge in [-0.3, -0.25) is 14.4 Å². The van der Waals surface area contributed by atoms with Gasteiger partial charge in [-0.25, -0.2) is 4.90 Å². The Bertz CT molecular complexity index is 302. The molecule has 0 spiro atoms.